The predicted molar refractivity (Wildman–Crippen MR) is 61.7 cm³/mol. The summed E-state index contributed by atoms with van der Waals surface area (Å²) in [7, 11) is 0. The molecular formula is C11H23N3O. The molecule has 4 nitrogen and oxygen atoms in total. The van der Waals surface area contributed by atoms with Crippen molar-refractivity contribution in [1.29, 1.82) is 0 Å². The lowest BCUT2D eigenvalue weighted by Gasteiger charge is -2.30. The van der Waals surface area contributed by atoms with Crippen LogP contribution in [0, 0.1) is 0 Å². The molecule has 1 unspecified atom stereocenters. The Kier molecular flexibility index (Phi) is 4.88. The van der Waals surface area contributed by atoms with Gasteiger partial charge in [0.2, 0.25) is 0 Å². The van der Waals surface area contributed by atoms with Crippen LogP contribution in [0.3, 0.4) is 0 Å². The van der Waals surface area contributed by atoms with E-state index in [1.807, 2.05) is 18.7 Å². The summed E-state index contributed by atoms with van der Waals surface area (Å²) in [6.07, 6.45) is 4.54. The van der Waals surface area contributed by atoms with E-state index < -0.39 is 0 Å². The molecule has 1 heterocycles. The van der Waals surface area contributed by atoms with E-state index in [4.69, 9.17) is 5.73 Å². The van der Waals surface area contributed by atoms with Crippen LogP contribution in [0.15, 0.2) is 0 Å². The number of urea groups is 1. The van der Waals surface area contributed by atoms with Crippen LogP contribution in [-0.4, -0.2) is 36.1 Å². The molecule has 0 bridgehead atoms. The Morgan fingerprint density at radius 3 is 2.80 bits per heavy atom. The first-order valence-electron chi connectivity index (χ1n) is 5.92. The van der Waals surface area contributed by atoms with Crippen molar-refractivity contribution in [2.75, 3.05) is 13.1 Å². The molecule has 1 rings (SSSR count). The van der Waals surface area contributed by atoms with Crippen molar-refractivity contribution < 1.29 is 4.79 Å². The molecule has 15 heavy (non-hydrogen) atoms. The first kappa shape index (κ1) is 12.3. The van der Waals surface area contributed by atoms with Crippen LogP contribution in [0.5, 0.6) is 0 Å². The molecule has 1 atom stereocenters. The molecule has 0 aromatic carbocycles. The number of nitrogens with zero attached hydrogens (tertiary/aromatic N) is 1. The molecular weight excluding hydrogens is 190 g/mol. The fourth-order valence-corrected chi connectivity index (χ4v) is 2.02. The lowest BCUT2D eigenvalue weighted by molar-refractivity contribution is 0.175. The zero-order chi connectivity index (χ0) is 11.3. The largest absolute Gasteiger partial charge is 0.336 e. The molecule has 0 radical (unpaired) electrons. The van der Waals surface area contributed by atoms with Gasteiger partial charge in [-0.2, -0.15) is 0 Å². The first-order chi connectivity index (χ1) is 7.15. The third-order valence-corrected chi connectivity index (χ3v) is 2.82. The third kappa shape index (κ3) is 3.70. The van der Waals surface area contributed by atoms with Crippen LogP contribution in [0.25, 0.3) is 0 Å². The van der Waals surface area contributed by atoms with Crippen molar-refractivity contribution in [2.24, 2.45) is 5.73 Å². The molecule has 88 valence electrons. The summed E-state index contributed by atoms with van der Waals surface area (Å²) < 4.78 is 0. The minimum atomic E-state index is 0.0438. The van der Waals surface area contributed by atoms with Gasteiger partial charge in [0.15, 0.2) is 0 Å². The topological polar surface area (TPSA) is 58.4 Å². The smallest absolute Gasteiger partial charge is 0.317 e. The Hall–Kier alpha value is -0.770. The number of nitrogens with one attached hydrogen (secondary N) is 1. The van der Waals surface area contributed by atoms with E-state index in [1.165, 1.54) is 12.8 Å². The Bertz CT molecular complexity index is 206. The van der Waals surface area contributed by atoms with E-state index in [-0.39, 0.29) is 18.1 Å². The zero-order valence-corrected chi connectivity index (χ0v) is 9.83. The molecule has 1 fully saturated rings. The van der Waals surface area contributed by atoms with E-state index in [0.717, 1.165) is 19.4 Å². The molecule has 1 aliphatic rings. The second-order valence-electron chi connectivity index (χ2n) is 4.54. The fourth-order valence-electron chi connectivity index (χ4n) is 2.02. The fraction of sp³-hybridized carbons (Fsp3) is 0.909. The van der Waals surface area contributed by atoms with Crippen molar-refractivity contribution in [3.05, 3.63) is 0 Å². The first-order valence-corrected chi connectivity index (χ1v) is 5.92. The lowest BCUT2D eigenvalue weighted by Crippen LogP contribution is -2.50. The molecule has 2 amide bonds. The van der Waals surface area contributed by atoms with Crippen molar-refractivity contribution in [2.45, 2.75) is 51.6 Å². The summed E-state index contributed by atoms with van der Waals surface area (Å²) >= 11 is 0. The van der Waals surface area contributed by atoms with E-state index in [2.05, 4.69) is 5.32 Å². The highest BCUT2D eigenvalue weighted by Crippen LogP contribution is 2.16. The van der Waals surface area contributed by atoms with Gasteiger partial charge in [-0.1, -0.05) is 12.8 Å². The SMILES string of the molecule is CC(C)NC(=O)N1CCCCCC1CN. The number of nitrogens with two attached hydrogens (primary N) is 1. The number of rotatable bonds is 2. The summed E-state index contributed by atoms with van der Waals surface area (Å²) in [5, 5.41) is 2.94. The number of hydrogen-bond donors (Lipinski definition) is 2. The van der Waals surface area contributed by atoms with Gasteiger partial charge in [-0.05, 0) is 26.7 Å². The molecule has 3 N–H and O–H groups in total. The molecule has 0 saturated carbocycles. The van der Waals surface area contributed by atoms with E-state index in [0.29, 0.717) is 6.54 Å². The zero-order valence-electron chi connectivity index (χ0n) is 9.83. The van der Waals surface area contributed by atoms with Gasteiger partial charge >= 0.3 is 6.03 Å². The highest BCUT2D eigenvalue weighted by atomic mass is 16.2. The highest BCUT2D eigenvalue weighted by Gasteiger charge is 2.24. The highest BCUT2D eigenvalue weighted by molar-refractivity contribution is 5.74. The van der Waals surface area contributed by atoms with Gasteiger partial charge in [-0.3, -0.25) is 0 Å². The summed E-state index contributed by atoms with van der Waals surface area (Å²) in [6.45, 7) is 5.38. The molecule has 1 saturated heterocycles. The maximum atomic E-state index is 11.9. The van der Waals surface area contributed by atoms with Gasteiger partial charge in [0, 0.05) is 25.2 Å². The van der Waals surface area contributed by atoms with Crippen LogP contribution in [0.4, 0.5) is 4.79 Å². The Morgan fingerprint density at radius 2 is 2.20 bits per heavy atom. The predicted octanol–water partition coefficient (Wildman–Crippen LogP) is 1.31. The standard InChI is InChI=1S/C11H23N3O/c1-9(2)13-11(15)14-7-5-3-4-6-10(14)8-12/h9-10H,3-8,12H2,1-2H3,(H,13,15). The van der Waals surface area contributed by atoms with Crippen LogP contribution in [-0.2, 0) is 0 Å². The minimum absolute atomic E-state index is 0.0438. The minimum Gasteiger partial charge on any atom is -0.336 e. The molecule has 0 aliphatic carbocycles. The maximum absolute atomic E-state index is 11.9. The van der Waals surface area contributed by atoms with Gasteiger partial charge in [0.05, 0.1) is 0 Å². The average molecular weight is 213 g/mol. The van der Waals surface area contributed by atoms with Crippen LogP contribution in [0.2, 0.25) is 0 Å². The molecule has 1 aliphatic heterocycles. The van der Waals surface area contributed by atoms with Gasteiger partial charge in [0.25, 0.3) is 0 Å². The van der Waals surface area contributed by atoms with Crippen molar-refractivity contribution in [3.63, 3.8) is 0 Å². The van der Waals surface area contributed by atoms with Gasteiger partial charge in [0.1, 0.15) is 0 Å². The quantitative estimate of drug-likeness (QED) is 0.726. The third-order valence-electron chi connectivity index (χ3n) is 2.82. The number of hydrogen-bond acceptors (Lipinski definition) is 2. The normalized spacial score (nSPS) is 22.7. The maximum Gasteiger partial charge on any atom is 0.317 e. The summed E-state index contributed by atoms with van der Waals surface area (Å²) in [5.74, 6) is 0. The van der Waals surface area contributed by atoms with E-state index in [1.54, 1.807) is 0 Å². The van der Waals surface area contributed by atoms with Gasteiger partial charge in [-0.25, -0.2) is 4.79 Å². The Balaban J connectivity index is 2.57. The number of amides is 2. The molecule has 0 aromatic heterocycles. The molecule has 4 heteroatoms. The van der Waals surface area contributed by atoms with Crippen LogP contribution < -0.4 is 11.1 Å². The van der Waals surface area contributed by atoms with Crippen LogP contribution >= 0.6 is 0 Å². The van der Waals surface area contributed by atoms with Crippen molar-refractivity contribution >= 4 is 6.03 Å². The van der Waals surface area contributed by atoms with Gasteiger partial charge in [-0.15, -0.1) is 0 Å². The number of carbonyl (C=O) groups is 1. The van der Waals surface area contributed by atoms with E-state index in [9.17, 15) is 4.79 Å². The molecule has 0 aromatic rings. The summed E-state index contributed by atoms with van der Waals surface area (Å²) in [5.41, 5.74) is 5.71. The second-order valence-corrected chi connectivity index (χ2v) is 4.54. The number of likely N-dealkylation sites (tertiary alicyclic amines) is 1. The van der Waals surface area contributed by atoms with Crippen molar-refractivity contribution in [3.8, 4) is 0 Å². The monoisotopic (exact) mass is 213 g/mol. The summed E-state index contributed by atoms with van der Waals surface area (Å²) in [6, 6.07) is 0.466. The average Bonchev–Trinajstić information content (AvgIpc) is 2.40. The van der Waals surface area contributed by atoms with Crippen LogP contribution in [0.1, 0.15) is 39.5 Å². The summed E-state index contributed by atoms with van der Waals surface area (Å²) in [4.78, 5) is 13.8. The van der Waals surface area contributed by atoms with Gasteiger partial charge < -0.3 is 16.0 Å². The van der Waals surface area contributed by atoms with Crippen molar-refractivity contribution in [1.82, 2.24) is 10.2 Å². The number of carbonyl (C=O) groups excluding carboxylic acids is 1. The second kappa shape index (κ2) is 5.95. The van der Waals surface area contributed by atoms with E-state index >= 15 is 0 Å². The Morgan fingerprint density at radius 1 is 1.47 bits per heavy atom. The molecule has 0 spiro atoms. The lowest BCUT2D eigenvalue weighted by atomic mass is 10.1. The Labute approximate surface area is 92.2 Å².